The van der Waals surface area contributed by atoms with Crippen molar-refractivity contribution in [2.75, 3.05) is 20.2 Å². The number of benzene rings is 1. The predicted molar refractivity (Wildman–Crippen MR) is 81.6 cm³/mol. The molecule has 0 saturated carbocycles. The molecule has 1 aromatic rings. The molecule has 1 unspecified atom stereocenters. The lowest BCUT2D eigenvalue weighted by Gasteiger charge is -2.43. The van der Waals surface area contributed by atoms with Gasteiger partial charge in [0.1, 0.15) is 5.75 Å². The molecule has 2 N–H and O–H groups in total. The second kappa shape index (κ2) is 6.35. The van der Waals surface area contributed by atoms with Crippen LogP contribution in [0.4, 0.5) is 4.79 Å². The number of rotatable bonds is 4. The second-order valence-electron chi connectivity index (χ2n) is 6.26. The van der Waals surface area contributed by atoms with Crippen molar-refractivity contribution in [2.24, 2.45) is 5.41 Å². The normalized spacial score (nSPS) is 21.1. The first-order chi connectivity index (χ1) is 9.92. The SMILES string of the molecule is COc1ccc(CNC2CCN(C(=O)O)CC2(C)C)cc1. The molecule has 1 aliphatic rings. The maximum Gasteiger partial charge on any atom is 0.407 e. The Hall–Kier alpha value is -1.75. The molecule has 21 heavy (non-hydrogen) atoms. The van der Waals surface area contributed by atoms with Gasteiger partial charge in [0.05, 0.1) is 7.11 Å². The molecular weight excluding hydrogens is 268 g/mol. The Bertz CT molecular complexity index is 485. The number of hydrogen-bond acceptors (Lipinski definition) is 3. The fourth-order valence-corrected chi connectivity index (χ4v) is 2.88. The Labute approximate surface area is 125 Å². The molecule has 0 radical (unpaired) electrons. The number of amides is 1. The molecule has 1 heterocycles. The smallest absolute Gasteiger partial charge is 0.407 e. The monoisotopic (exact) mass is 292 g/mol. The van der Waals surface area contributed by atoms with Gasteiger partial charge in [-0.15, -0.1) is 0 Å². The van der Waals surface area contributed by atoms with Crippen LogP contribution in [0.3, 0.4) is 0 Å². The number of piperidine rings is 1. The van der Waals surface area contributed by atoms with Crippen molar-refractivity contribution < 1.29 is 14.6 Å². The first-order valence-corrected chi connectivity index (χ1v) is 7.26. The quantitative estimate of drug-likeness (QED) is 0.895. The fraction of sp³-hybridized carbons (Fsp3) is 0.562. The predicted octanol–water partition coefficient (Wildman–Crippen LogP) is 2.56. The molecule has 0 aromatic heterocycles. The van der Waals surface area contributed by atoms with E-state index in [0.717, 1.165) is 18.7 Å². The van der Waals surface area contributed by atoms with Gasteiger partial charge in [-0.05, 0) is 29.5 Å². The lowest BCUT2D eigenvalue weighted by Crippen LogP contribution is -2.55. The number of hydrogen-bond donors (Lipinski definition) is 2. The zero-order valence-corrected chi connectivity index (χ0v) is 12.9. The van der Waals surface area contributed by atoms with Crippen molar-refractivity contribution >= 4 is 6.09 Å². The van der Waals surface area contributed by atoms with Crippen LogP contribution < -0.4 is 10.1 Å². The lowest BCUT2D eigenvalue weighted by atomic mass is 9.79. The fourth-order valence-electron chi connectivity index (χ4n) is 2.88. The van der Waals surface area contributed by atoms with Crippen molar-refractivity contribution in [1.82, 2.24) is 10.2 Å². The molecule has 0 bridgehead atoms. The van der Waals surface area contributed by atoms with Gasteiger partial charge in [0.15, 0.2) is 0 Å². The number of ether oxygens (including phenoxy) is 1. The summed E-state index contributed by atoms with van der Waals surface area (Å²) in [6.45, 7) is 6.19. The van der Waals surface area contributed by atoms with E-state index in [-0.39, 0.29) is 5.41 Å². The van der Waals surface area contributed by atoms with Gasteiger partial charge in [-0.1, -0.05) is 26.0 Å². The maximum absolute atomic E-state index is 11.1. The molecule has 1 atom stereocenters. The van der Waals surface area contributed by atoms with Gasteiger partial charge >= 0.3 is 6.09 Å². The standard InChI is InChI=1S/C16H24N2O3/c1-16(2)11-18(15(19)20)9-8-14(16)17-10-12-4-6-13(21-3)7-5-12/h4-7,14,17H,8-11H2,1-3H3,(H,19,20). The molecule has 1 saturated heterocycles. The van der Waals surface area contributed by atoms with E-state index >= 15 is 0 Å². The molecule has 0 spiro atoms. The summed E-state index contributed by atoms with van der Waals surface area (Å²) in [4.78, 5) is 12.6. The summed E-state index contributed by atoms with van der Waals surface area (Å²) in [6, 6.07) is 8.32. The van der Waals surface area contributed by atoms with Crippen molar-refractivity contribution in [2.45, 2.75) is 32.9 Å². The van der Waals surface area contributed by atoms with Crippen LogP contribution in [0.5, 0.6) is 5.75 Å². The molecule has 1 aliphatic heterocycles. The molecule has 5 heteroatoms. The summed E-state index contributed by atoms with van der Waals surface area (Å²) in [5.41, 5.74) is 1.13. The number of methoxy groups -OCH3 is 1. The number of nitrogens with one attached hydrogen (secondary N) is 1. The van der Waals surface area contributed by atoms with Crippen molar-refractivity contribution in [3.63, 3.8) is 0 Å². The molecule has 5 nitrogen and oxygen atoms in total. The first-order valence-electron chi connectivity index (χ1n) is 7.26. The van der Waals surface area contributed by atoms with Gasteiger partial charge in [0.25, 0.3) is 0 Å². The molecule has 1 aromatic carbocycles. The van der Waals surface area contributed by atoms with E-state index in [9.17, 15) is 4.79 Å². The third kappa shape index (κ3) is 3.88. The van der Waals surface area contributed by atoms with Crippen LogP contribution in [-0.2, 0) is 6.54 Å². The van der Waals surface area contributed by atoms with Gasteiger partial charge in [-0.25, -0.2) is 4.79 Å². The van der Waals surface area contributed by atoms with E-state index in [0.29, 0.717) is 19.1 Å². The van der Waals surface area contributed by atoms with E-state index in [2.05, 4.69) is 19.2 Å². The van der Waals surface area contributed by atoms with E-state index < -0.39 is 6.09 Å². The van der Waals surface area contributed by atoms with Crippen LogP contribution in [0.15, 0.2) is 24.3 Å². The highest BCUT2D eigenvalue weighted by Crippen LogP contribution is 2.29. The first kappa shape index (κ1) is 15.6. The van der Waals surface area contributed by atoms with Gasteiger partial charge in [0, 0.05) is 25.7 Å². The summed E-state index contributed by atoms with van der Waals surface area (Å²) < 4.78 is 5.15. The molecular formula is C16H24N2O3. The average molecular weight is 292 g/mol. The number of carbonyl (C=O) groups is 1. The van der Waals surface area contributed by atoms with Gasteiger partial charge in [-0.2, -0.15) is 0 Å². The Morgan fingerprint density at radius 3 is 2.62 bits per heavy atom. The minimum Gasteiger partial charge on any atom is -0.497 e. The van der Waals surface area contributed by atoms with Crippen LogP contribution in [0.2, 0.25) is 0 Å². The van der Waals surface area contributed by atoms with E-state index in [1.807, 2.05) is 24.3 Å². The van der Waals surface area contributed by atoms with E-state index in [1.165, 1.54) is 10.5 Å². The van der Waals surface area contributed by atoms with Crippen molar-refractivity contribution in [3.8, 4) is 5.75 Å². The Morgan fingerprint density at radius 2 is 2.10 bits per heavy atom. The molecule has 1 amide bonds. The van der Waals surface area contributed by atoms with Gasteiger partial charge in [0.2, 0.25) is 0 Å². The third-order valence-corrected chi connectivity index (χ3v) is 4.21. The Morgan fingerprint density at radius 1 is 1.43 bits per heavy atom. The lowest BCUT2D eigenvalue weighted by molar-refractivity contribution is 0.0699. The minimum atomic E-state index is -0.823. The van der Waals surface area contributed by atoms with E-state index in [4.69, 9.17) is 9.84 Å². The summed E-state index contributed by atoms with van der Waals surface area (Å²) >= 11 is 0. The zero-order valence-electron chi connectivity index (χ0n) is 12.9. The average Bonchev–Trinajstić information content (AvgIpc) is 2.45. The van der Waals surface area contributed by atoms with Crippen LogP contribution in [0.25, 0.3) is 0 Å². The van der Waals surface area contributed by atoms with Crippen LogP contribution in [0, 0.1) is 5.41 Å². The summed E-state index contributed by atoms with van der Waals surface area (Å²) in [5.74, 6) is 0.855. The Balaban J connectivity index is 1.92. The molecule has 0 aliphatic carbocycles. The van der Waals surface area contributed by atoms with Gasteiger partial charge < -0.3 is 20.1 Å². The highest BCUT2D eigenvalue weighted by Gasteiger charge is 2.37. The molecule has 2 rings (SSSR count). The number of carboxylic acid groups (broad SMARTS) is 1. The summed E-state index contributed by atoms with van der Waals surface area (Å²) in [6.07, 6.45) is 0.0202. The maximum atomic E-state index is 11.1. The third-order valence-electron chi connectivity index (χ3n) is 4.21. The molecule has 116 valence electrons. The topological polar surface area (TPSA) is 61.8 Å². The minimum absolute atomic E-state index is 0.0664. The van der Waals surface area contributed by atoms with Gasteiger partial charge in [-0.3, -0.25) is 0 Å². The number of likely N-dealkylation sites (tertiary alicyclic amines) is 1. The zero-order chi connectivity index (χ0) is 15.5. The number of nitrogens with zero attached hydrogens (tertiary/aromatic N) is 1. The van der Waals surface area contributed by atoms with Crippen molar-refractivity contribution in [1.29, 1.82) is 0 Å². The highest BCUT2D eigenvalue weighted by atomic mass is 16.5. The van der Waals surface area contributed by atoms with Crippen molar-refractivity contribution in [3.05, 3.63) is 29.8 Å². The second-order valence-corrected chi connectivity index (χ2v) is 6.26. The van der Waals surface area contributed by atoms with Crippen LogP contribution in [-0.4, -0.2) is 42.3 Å². The summed E-state index contributed by atoms with van der Waals surface area (Å²) in [5, 5.41) is 12.7. The largest absolute Gasteiger partial charge is 0.497 e. The van der Waals surface area contributed by atoms with E-state index in [1.54, 1.807) is 7.11 Å². The molecule has 1 fully saturated rings. The highest BCUT2D eigenvalue weighted by molar-refractivity contribution is 5.65. The van der Waals surface area contributed by atoms with Crippen LogP contribution in [0.1, 0.15) is 25.8 Å². The summed E-state index contributed by atoms with van der Waals surface area (Å²) in [7, 11) is 1.66. The van der Waals surface area contributed by atoms with Crippen LogP contribution >= 0.6 is 0 Å². The Kier molecular flexibility index (Phi) is 4.73.